The quantitative estimate of drug-likeness (QED) is 0.904. The molecule has 2 aromatic rings. The molecule has 0 fully saturated rings. The van der Waals surface area contributed by atoms with Gasteiger partial charge in [-0.2, -0.15) is 0 Å². The van der Waals surface area contributed by atoms with E-state index < -0.39 is 6.10 Å². The van der Waals surface area contributed by atoms with E-state index in [4.69, 9.17) is 34.8 Å². The molecule has 0 aliphatic carbocycles. The summed E-state index contributed by atoms with van der Waals surface area (Å²) in [5.41, 5.74) is 0.625. The smallest absolute Gasteiger partial charge is 0.149 e. The van der Waals surface area contributed by atoms with E-state index in [1.807, 2.05) is 0 Å². The summed E-state index contributed by atoms with van der Waals surface area (Å²) in [6.07, 6.45) is 2.18. The number of aliphatic hydroxyl groups excluding tert-OH is 1. The van der Waals surface area contributed by atoms with Crippen LogP contribution in [0.25, 0.3) is 0 Å². The summed E-state index contributed by atoms with van der Waals surface area (Å²) in [6, 6.07) is 4.92. The zero-order valence-electron chi connectivity index (χ0n) is 9.65. The van der Waals surface area contributed by atoms with Crippen molar-refractivity contribution in [3.8, 4) is 0 Å². The maximum absolute atomic E-state index is 10.0. The molecule has 1 aromatic carbocycles. The first-order valence-corrected chi connectivity index (χ1v) is 6.53. The first-order valence-electron chi connectivity index (χ1n) is 5.40. The maximum atomic E-state index is 10.0. The molecule has 2 rings (SSSR count). The Labute approximate surface area is 125 Å². The standard InChI is InChI=1S/C12H10Cl3N3O/c13-8-1-7(2-9(14)3-8)10(19)4-17-12-6-16-5-11(15)18-12/h1-3,5-6,10,19H,4H2,(H,17,18). The fraction of sp³-hybridized carbons (Fsp3) is 0.167. The molecule has 1 unspecified atom stereocenters. The van der Waals surface area contributed by atoms with Crippen LogP contribution in [-0.2, 0) is 0 Å². The van der Waals surface area contributed by atoms with E-state index in [9.17, 15) is 5.11 Å². The third-order valence-corrected chi connectivity index (χ3v) is 2.97. The molecule has 0 saturated carbocycles. The molecule has 2 N–H and O–H groups in total. The summed E-state index contributed by atoms with van der Waals surface area (Å²) >= 11 is 17.5. The van der Waals surface area contributed by atoms with Crippen LogP contribution < -0.4 is 5.32 Å². The topological polar surface area (TPSA) is 58.0 Å². The molecule has 0 aliphatic rings. The first-order chi connectivity index (χ1) is 9.04. The minimum Gasteiger partial charge on any atom is -0.387 e. The van der Waals surface area contributed by atoms with Crippen LogP contribution in [-0.4, -0.2) is 21.6 Å². The highest BCUT2D eigenvalue weighted by atomic mass is 35.5. The molecule has 19 heavy (non-hydrogen) atoms. The minimum atomic E-state index is -0.767. The van der Waals surface area contributed by atoms with Crippen molar-refractivity contribution in [1.82, 2.24) is 9.97 Å². The SMILES string of the molecule is OC(CNc1cncc(Cl)n1)c1cc(Cl)cc(Cl)c1. The van der Waals surface area contributed by atoms with E-state index in [0.29, 0.717) is 21.4 Å². The lowest BCUT2D eigenvalue weighted by atomic mass is 10.1. The number of rotatable bonds is 4. The van der Waals surface area contributed by atoms with Gasteiger partial charge in [-0.15, -0.1) is 0 Å². The number of hydrogen-bond donors (Lipinski definition) is 2. The van der Waals surface area contributed by atoms with Crippen LogP contribution in [0.3, 0.4) is 0 Å². The molecule has 0 spiro atoms. The van der Waals surface area contributed by atoms with Crippen molar-refractivity contribution < 1.29 is 5.11 Å². The Hall–Kier alpha value is -1.07. The highest BCUT2D eigenvalue weighted by molar-refractivity contribution is 6.34. The van der Waals surface area contributed by atoms with Crippen molar-refractivity contribution in [2.75, 3.05) is 11.9 Å². The van der Waals surface area contributed by atoms with Gasteiger partial charge >= 0.3 is 0 Å². The van der Waals surface area contributed by atoms with Crippen LogP contribution in [0.2, 0.25) is 15.2 Å². The van der Waals surface area contributed by atoms with Gasteiger partial charge in [-0.1, -0.05) is 34.8 Å². The number of nitrogens with one attached hydrogen (secondary N) is 1. The van der Waals surface area contributed by atoms with Gasteiger partial charge in [-0.25, -0.2) is 4.98 Å². The molecular formula is C12H10Cl3N3O. The lowest BCUT2D eigenvalue weighted by molar-refractivity contribution is 0.191. The number of aliphatic hydroxyl groups is 1. The lowest BCUT2D eigenvalue weighted by Crippen LogP contribution is -2.13. The number of benzene rings is 1. The average molecular weight is 319 g/mol. The van der Waals surface area contributed by atoms with Gasteiger partial charge in [-0.05, 0) is 23.8 Å². The van der Waals surface area contributed by atoms with Crippen molar-refractivity contribution in [3.63, 3.8) is 0 Å². The average Bonchev–Trinajstić information content (AvgIpc) is 2.35. The molecular weight excluding hydrogens is 309 g/mol. The van der Waals surface area contributed by atoms with Crippen molar-refractivity contribution in [2.45, 2.75) is 6.10 Å². The van der Waals surface area contributed by atoms with E-state index in [2.05, 4.69) is 15.3 Å². The molecule has 7 heteroatoms. The van der Waals surface area contributed by atoms with Crippen LogP contribution in [0.15, 0.2) is 30.6 Å². The van der Waals surface area contributed by atoms with Crippen molar-refractivity contribution in [2.24, 2.45) is 0 Å². The van der Waals surface area contributed by atoms with Gasteiger partial charge < -0.3 is 10.4 Å². The van der Waals surface area contributed by atoms with E-state index >= 15 is 0 Å². The Morgan fingerprint density at radius 1 is 1.11 bits per heavy atom. The van der Waals surface area contributed by atoms with Crippen molar-refractivity contribution >= 4 is 40.6 Å². The molecule has 0 aliphatic heterocycles. The fourth-order valence-corrected chi connectivity index (χ4v) is 2.20. The number of halogens is 3. The van der Waals surface area contributed by atoms with Gasteiger partial charge in [0, 0.05) is 16.6 Å². The largest absolute Gasteiger partial charge is 0.387 e. The second-order valence-electron chi connectivity index (χ2n) is 3.83. The molecule has 1 atom stereocenters. The molecule has 0 radical (unpaired) electrons. The minimum absolute atomic E-state index is 0.242. The van der Waals surface area contributed by atoms with Gasteiger partial charge in [0.05, 0.1) is 18.5 Å². The molecule has 1 aromatic heterocycles. The number of anilines is 1. The predicted octanol–water partition coefficient (Wildman–Crippen LogP) is 3.58. The summed E-state index contributed by atoms with van der Waals surface area (Å²) in [6.45, 7) is 0.242. The third-order valence-electron chi connectivity index (χ3n) is 2.35. The number of hydrogen-bond acceptors (Lipinski definition) is 4. The Morgan fingerprint density at radius 2 is 1.79 bits per heavy atom. The predicted molar refractivity (Wildman–Crippen MR) is 77.0 cm³/mol. The maximum Gasteiger partial charge on any atom is 0.149 e. The zero-order valence-corrected chi connectivity index (χ0v) is 11.9. The van der Waals surface area contributed by atoms with Gasteiger partial charge in [0.2, 0.25) is 0 Å². The summed E-state index contributed by atoms with van der Waals surface area (Å²) in [5.74, 6) is 0.486. The summed E-state index contributed by atoms with van der Waals surface area (Å²) < 4.78 is 0. The van der Waals surface area contributed by atoms with Crippen LogP contribution in [0.5, 0.6) is 0 Å². The second-order valence-corrected chi connectivity index (χ2v) is 5.09. The lowest BCUT2D eigenvalue weighted by Gasteiger charge is -2.13. The van der Waals surface area contributed by atoms with Gasteiger partial charge in [-0.3, -0.25) is 4.98 Å². The summed E-state index contributed by atoms with van der Waals surface area (Å²) in [7, 11) is 0. The van der Waals surface area contributed by atoms with Crippen molar-refractivity contribution in [1.29, 1.82) is 0 Å². The van der Waals surface area contributed by atoms with Gasteiger partial charge in [0.25, 0.3) is 0 Å². The molecule has 4 nitrogen and oxygen atoms in total. The highest BCUT2D eigenvalue weighted by Gasteiger charge is 2.10. The first kappa shape index (κ1) is 14.3. The zero-order chi connectivity index (χ0) is 13.8. The van der Waals surface area contributed by atoms with Gasteiger partial charge in [0.15, 0.2) is 0 Å². The van der Waals surface area contributed by atoms with Crippen molar-refractivity contribution in [3.05, 3.63) is 51.4 Å². The van der Waals surface area contributed by atoms with Crippen LogP contribution in [0.1, 0.15) is 11.7 Å². The molecule has 1 heterocycles. The van der Waals surface area contributed by atoms with E-state index in [-0.39, 0.29) is 11.7 Å². The third kappa shape index (κ3) is 4.21. The number of aromatic nitrogens is 2. The normalized spacial score (nSPS) is 12.2. The Morgan fingerprint density at radius 3 is 2.42 bits per heavy atom. The van der Waals surface area contributed by atoms with E-state index in [1.165, 1.54) is 12.4 Å². The molecule has 0 saturated heterocycles. The van der Waals surface area contributed by atoms with Crippen LogP contribution >= 0.6 is 34.8 Å². The second kappa shape index (κ2) is 6.39. The summed E-state index contributed by atoms with van der Waals surface area (Å²) in [5, 5.41) is 14.2. The molecule has 0 bridgehead atoms. The highest BCUT2D eigenvalue weighted by Crippen LogP contribution is 2.23. The fourth-order valence-electron chi connectivity index (χ4n) is 1.51. The monoisotopic (exact) mass is 317 g/mol. The summed E-state index contributed by atoms with van der Waals surface area (Å²) in [4.78, 5) is 7.88. The Bertz CT molecular complexity index is 560. The number of nitrogens with zero attached hydrogens (tertiary/aromatic N) is 2. The van der Waals surface area contributed by atoms with Crippen LogP contribution in [0, 0.1) is 0 Å². The Kier molecular flexibility index (Phi) is 4.82. The van der Waals surface area contributed by atoms with E-state index in [1.54, 1.807) is 18.2 Å². The van der Waals surface area contributed by atoms with Gasteiger partial charge in [0.1, 0.15) is 11.0 Å². The molecule has 100 valence electrons. The van der Waals surface area contributed by atoms with E-state index in [0.717, 1.165) is 0 Å². The Balaban J connectivity index is 2.03. The molecule has 0 amide bonds. The van der Waals surface area contributed by atoms with Crippen LogP contribution in [0.4, 0.5) is 5.82 Å².